The molecular weight excluding hydrogens is 405 g/mol. The Balaban J connectivity index is 1.99. The molecule has 146 valence electrons. The zero-order valence-corrected chi connectivity index (χ0v) is 17.8. The standard InChI is InChI=1S/C23H19Cl2N3O/c1-14-6-4-5-7-21(14)27-23(29)18(13-26)11-17-10-15(2)28(16(17)3)22-12-19(24)8-9-20(22)25/h4-12H,1-3H3,(H,27,29)/b18-11-. The Kier molecular flexibility index (Phi) is 6.12. The summed E-state index contributed by atoms with van der Waals surface area (Å²) in [4.78, 5) is 12.6. The van der Waals surface area contributed by atoms with E-state index >= 15 is 0 Å². The van der Waals surface area contributed by atoms with Crippen molar-refractivity contribution in [1.82, 2.24) is 4.57 Å². The highest BCUT2D eigenvalue weighted by atomic mass is 35.5. The minimum atomic E-state index is -0.451. The van der Waals surface area contributed by atoms with Gasteiger partial charge in [-0.25, -0.2) is 0 Å². The van der Waals surface area contributed by atoms with Crippen LogP contribution in [-0.2, 0) is 4.79 Å². The Morgan fingerprint density at radius 2 is 1.83 bits per heavy atom. The smallest absolute Gasteiger partial charge is 0.266 e. The van der Waals surface area contributed by atoms with Crippen molar-refractivity contribution < 1.29 is 4.79 Å². The molecule has 6 heteroatoms. The van der Waals surface area contributed by atoms with Crippen molar-refractivity contribution in [3.63, 3.8) is 0 Å². The molecule has 0 radical (unpaired) electrons. The predicted molar refractivity (Wildman–Crippen MR) is 119 cm³/mol. The predicted octanol–water partition coefficient (Wildman–Crippen LogP) is 6.26. The van der Waals surface area contributed by atoms with Gasteiger partial charge in [0.05, 0.1) is 10.7 Å². The molecule has 1 amide bonds. The van der Waals surface area contributed by atoms with Gasteiger partial charge in [-0.15, -0.1) is 0 Å². The molecule has 0 saturated carbocycles. The van der Waals surface area contributed by atoms with Gasteiger partial charge >= 0.3 is 0 Å². The Bertz CT molecular complexity index is 1170. The molecule has 1 N–H and O–H groups in total. The number of rotatable bonds is 4. The molecular formula is C23H19Cl2N3O. The molecule has 0 aliphatic heterocycles. The number of nitrogens with one attached hydrogen (secondary N) is 1. The van der Waals surface area contributed by atoms with Crippen molar-refractivity contribution in [3.8, 4) is 11.8 Å². The molecule has 0 fully saturated rings. The number of hydrogen-bond donors (Lipinski definition) is 1. The number of aryl methyl sites for hydroxylation is 2. The van der Waals surface area contributed by atoms with E-state index in [1.165, 1.54) is 0 Å². The molecule has 1 aromatic heterocycles. The van der Waals surface area contributed by atoms with Crippen molar-refractivity contribution in [3.05, 3.63) is 86.7 Å². The second-order valence-corrected chi connectivity index (χ2v) is 7.54. The molecule has 0 unspecified atom stereocenters. The third-order valence-electron chi connectivity index (χ3n) is 4.68. The molecule has 3 rings (SSSR count). The monoisotopic (exact) mass is 423 g/mol. The van der Waals surface area contributed by atoms with Crippen LogP contribution in [0.5, 0.6) is 0 Å². The van der Waals surface area contributed by atoms with Crippen molar-refractivity contribution in [2.24, 2.45) is 0 Å². The Hall–Kier alpha value is -3.00. The Morgan fingerprint density at radius 3 is 2.52 bits per heavy atom. The van der Waals surface area contributed by atoms with E-state index < -0.39 is 5.91 Å². The number of carbonyl (C=O) groups is 1. The topological polar surface area (TPSA) is 57.8 Å². The average Bonchev–Trinajstić information content (AvgIpc) is 2.96. The lowest BCUT2D eigenvalue weighted by Crippen LogP contribution is -2.14. The number of nitriles is 1. The van der Waals surface area contributed by atoms with Gasteiger partial charge in [-0.2, -0.15) is 5.26 Å². The highest BCUT2D eigenvalue weighted by molar-refractivity contribution is 6.34. The molecule has 0 aliphatic rings. The fraction of sp³-hybridized carbons (Fsp3) is 0.130. The number of benzene rings is 2. The molecule has 2 aromatic carbocycles. The second kappa shape index (κ2) is 8.57. The third-order valence-corrected chi connectivity index (χ3v) is 5.23. The summed E-state index contributed by atoms with van der Waals surface area (Å²) < 4.78 is 1.95. The van der Waals surface area contributed by atoms with E-state index in [9.17, 15) is 10.1 Å². The van der Waals surface area contributed by atoms with Crippen LogP contribution in [0.2, 0.25) is 10.0 Å². The maximum atomic E-state index is 12.6. The van der Waals surface area contributed by atoms with Gasteiger partial charge in [-0.1, -0.05) is 41.4 Å². The van der Waals surface area contributed by atoms with Crippen LogP contribution < -0.4 is 5.32 Å². The fourth-order valence-electron chi connectivity index (χ4n) is 3.17. The van der Waals surface area contributed by atoms with Crippen molar-refractivity contribution >= 4 is 40.9 Å². The molecule has 0 spiro atoms. The fourth-order valence-corrected chi connectivity index (χ4v) is 3.54. The summed E-state index contributed by atoms with van der Waals surface area (Å²) in [5.41, 5.74) is 4.89. The van der Waals surface area contributed by atoms with Gasteiger partial charge in [0.2, 0.25) is 0 Å². The summed E-state index contributed by atoms with van der Waals surface area (Å²) in [7, 11) is 0. The van der Waals surface area contributed by atoms with Gasteiger partial charge in [-0.3, -0.25) is 4.79 Å². The quantitative estimate of drug-likeness (QED) is 0.397. The molecule has 0 saturated heterocycles. The number of hydrogen-bond acceptors (Lipinski definition) is 2. The first-order valence-corrected chi connectivity index (χ1v) is 9.70. The number of amides is 1. The molecule has 3 aromatic rings. The van der Waals surface area contributed by atoms with Crippen LogP contribution in [0.15, 0.2) is 54.1 Å². The van der Waals surface area contributed by atoms with E-state index in [1.807, 2.05) is 55.7 Å². The first-order valence-electron chi connectivity index (χ1n) is 8.95. The first-order chi connectivity index (χ1) is 13.8. The van der Waals surface area contributed by atoms with Crippen LogP contribution in [0, 0.1) is 32.1 Å². The van der Waals surface area contributed by atoms with E-state index in [4.69, 9.17) is 23.2 Å². The van der Waals surface area contributed by atoms with Crippen LogP contribution >= 0.6 is 23.2 Å². The molecule has 29 heavy (non-hydrogen) atoms. The largest absolute Gasteiger partial charge is 0.321 e. The average molecular weight is 424 g/mol. The first kappa shape index (κ1) is 20.7. The van der Waals surface area contributed by atoms with Gasteiger partial charge < -0.3 is 9.88 Å². The highest BCUT2D eigenvalue weighted by Crippen LogP contribution is 2.30. The van der Waals surface area contributed by atoms with Crippen LogP contribution in [-0.4, -0.2) is 10.5 Å². The van der Waals surface area contributed by atoms with Gasteiger partial charge in [0.1, 0.15) is 11.6 Å². The number of anilines is 1. The lowest BCUT2D eigenvalue weighted by Gasteiger charge is -2.12. The third kappa shape index (κ3) is 4.37. The number of carbonyl (C=O) groups excluding carboxylic acids is 1. The highest BCUT2D eigenvalue weighted by Gasteiger charge is 2.16. The van der Waals surface area contributed by atoms with Gasteiger partial charge in [0, 0.05) is 22.1 Å². The minimum absolute atomic E-state index is 0.0192. The summed E-state index contributed by atoms with van der Waals surface area (Å²) in [6.07, 6.45) is 1.59. The minimum Gasteiger partial charge on any atom is -0.321 e. The number of aromatic nitrogens is 1. The van der Waals surface area contributed by atoms with Crippen molar-refractivity contribution in [1.29, 1.82) is 5.26 Å². The summed E-state index contributed by atoms with van der Waals surface area (Å²) in [6.45, 7) is 5.74. The summed E-state index contributed by atoms with van der Waals surface area (Å²) in [6, 6.07) is 16.6. The zero-order chi connectivity index (χ0) is 21.1. The number of nitrogens with zero attached hydrogens (tertiary/aromatic N) is 2. The van der Waals surface area contributed by atoms with E-state index in [-0.39, 0.29) is 5.57 Å². The Morgan fingerprint density at radius 1 is 1.10 bits per heavy atom. The molecule has 0 aliphatic carbocycles. The molecule has 4 nitrogen and oxygen atoms in total. The Labute approximate surface area is 180 Å². The normalized spacial score (nSPS) is 11.2. The summed E-state index contributed by atoms with van der Waals surface area (Å²) in [5, 5.41) is 13.5. The SMILES string of the molecule is Cc1ccccc1NC(=O)/C(C#N)=C\c1cc(C)n(-c2cc(Cl)ccc2Cl)c1C. The van der Waals surface area contributed by atoms with E-state index in [2.05, 4.69) is 5.32 Å². The second-order valence-electron chi connectivity index (χ2n) is 6.70. The van der Waals surface area contributed by atoms with Gasteiger partial charge in [0.15, 0.2) is 0 Å². The van der Waals surface area contributed by atoms with E-state index in [0.29, 0.717) is 15.7 Å². The van der Waals surface area contributed by atoms with Crippen LogP contribution in [0.1, 0.15) is 22.5 Å². The molecule has 1 heterocycles. The van der Waals surface area contributed by atoms with Crippen LogP contribution in [0.3, 0.4) is 0 Å². The maximum absolute atomic E-state index is 12.6. The van der Waals surface area contributed by atoms with Gasteiger partial charge in [0.25, 0.3) is 5.91 Å². The van der Waals surface area contributed by atoms with Gasteiger partial charge in [-0.05, 0) is 68.3 Å². The van der Waals surface area contributed by atoms with Crippen LogP contribution in [0.25, 0.3) is 11.8 Å². The molecule has 0 bridgehead atoms. The maximum Gasteiger partial charge on any atom is 0.266 e. The van der Waals surface area contributed by atoms with Crippen molar-refractivity contribution in [2.75, 3.05) is 5.32 Å². The van der Waals surface area contributed by atoms with Crippen LogP contribution in [0.4, 0.5) is 5.69 Å². The number of halogens is 2. The van der Waals surface area contributed by atoms with E-state index in [1.54, 1.807) is 30.3 Å². The summed E-state index contributed by atoms with van der Waals surface area (Å²) >= 11 is 12.5. The zero-order valence-electron chi connectivity index (χ0n) is 16.3. The lowest BCUT2D eigenvalue weighted by atomic mass is 10.1. The summed E-state index contributed by atoms with van der Waals surface area (Å²) in [5.74, 6) is -0.451. The van der Waals surface area contributed by atoms with E-state index in [0.717, 1.165) is 28.2 Å². The molecule has 0 atom stereocenters. The number of para-hydroxylation sites is 1. The van der Waals surface area contributed by atoms with Crippen molar-refractivity contribution in [2.45, 2.75) is 20.8 Å². The lowest BCUT2D eigenvalue weighted by molar-refractivity contribution is -0.112.